The lowest BCUT2D eigenvalue weighted by atomic mass is 10.2. The van der Waals surface area contributed by atoms with E-state index in [1.54, 1.807) is 42.6 Å². The van der Waals surface area contributed by atoms with Gasteiger partial charge in [0, 0.05) is 29.8 Å². The van der Waals surface area contributed by atoms with Crippen molar-refractivity contribution in [2.24, 2.45) is 0 Å². The molecule has 3 rings (SSSR count). The minimum absolute atomic E-state index is 0.0913. The van der Waals surface area contributed by atoms with Crippen LogP contribution in [0.25, 0.3) is 0 Å². The number of nitrogens with zero attached hydrogens (tertiary/aromatic N) is 2. The molecule has 8 heteroatoms. The minimum atomic E-state index is -0.455. The Morgan fingerprint density at radius 1 is 0.880 bits per heavy atom. The molecule has 25 heavy (non-hydrogen) atoms. The topological polar surface area (TPSA) is 117 Å². The SMILES string of the molecule is O=C(Nc1ccc(NC(=O)c2ccc(=O)[nH]n2)cc1)c1cccnc1. The molecule has 2 aromatic heterocycles. The molecule has 1 aromatic carbocycles. The largest absolute Gasteiger partial charge is 0.322 e. The van der Waals surface area contributed by atoms with Crippen molar-refractivity contribution in [3.63, 3.8) is 0 Å². The number of benzene rings is 1. The summed E-state index contributed by atoms with van der Waals surface area (Å²) in [5.74, 6) is -0.731. The van der Waals surface area contributed by atoms with Crippen molar-refractivity contribution in [3.05, 3.63) is 82.5 Å². The lowest BCUT2D eigenvalue weighted by Crippen LogP contribution is -2.17. The molecule has 0 unspecified atom stereocenters. The first kappa shape index (κ1) is 16.1. The maximum atomic E-state index is 12.0. The number of H-pyrrole nitrogens is 1. The average molecular weight is 335 g/mol. The van der Waals surface area contributed by atoms with Gasteiger partial charge in [0.2, 0.25) is 0 Å². The van der Waals surface area contributed by atoms with Crippen LogP contribution in [0.5, 0.6) is 0 Å². The molecule has 0 aliphatic rings. The van der Waals surface area contributed by atoms with E-state index < -0.39 is 5.91 Å². The fraction of sp³-hybridized carbons (Fsp3) is 0. The monoisotopic (exact) mass is 335 g/mol. The van der Waals surface area contributed by atoms with Crippen LogP contribution in [0.15, 0.2) is 65.7 Å². The van der Waals surface area contributed by atoms with Crippen LogP contribution in [-0.4, -0.2) is 27.0 Å². The molecule has 0 spiro atoms. The Morgan fingerprint density at radius 2 is 1.56 bits per heavy atom. The number of anilines is 2. The molecular formula is C17H13N5O3. The Bertz CT molecular complexity index is 932. The van der Waals surface area contributed by atoms with Gasteiger partial charge in [0.1, 0.15) is 5.69 Å². The second-order valence-electron chi connectivity index (χ2n) is 5.03. The molecular weight excluding hydrogens is 322 g/mol. The zero-order valence-corrected chi connectivity index (χ0v) is 12.9. The zero-order chi connectivity index (χ0) is 17.6. The first-order valence-corrected chi connectivity index (χ1v) is 7.30. The Morgan fingerprint density at radius 3 is 2.12 bits per heavy atom. The number of carbonyl (C=O) groups is 2. The Labute approximate surface area is 141 Å². The van der Waals surface area contributed by atoms with Crippen molar-refractivity contribution in [3.8, 4) is 0 Å². The molecule has 0 saturated heterocycles. The summed E-state index contributed by atoms with van der Waals surface area (Å²) < 4.78 is 0. The third-order valence-electron chi connectivity index (χ3n) is 3.24. The van der Waals surface area contributed by atoms with Gasteiger partial charge in [0.15, 0.2) is 0 Å². The smallest absolute Gasteiger partial charge is 0.276 e. The molecule has 0 saturated carbocycles. The molecule has 0 radical (unpaired) electrons. The predicted octanol–water partition coefficient (Wildman–Crippen LogP) is 1.67. The summed E-state index contributed by atoms with van der Waals surface area (Å²) >= 11 is 0. The van der Waals surface area contributed by atoms with E-state index in [2.05, 4.69) is 25.8 Å². The number of rotatable bonds is 4. The van der Waals surface area contributed by atoms with Crippen LogP contribution < -0.4 is 16.2 Å². The Balaban J connectivity index is 1.64. The van der Waals surface area contributed by atoms with Crippen molar-refractivity contribution >= 4 is 23.2 Å². The average Bonchev–Trinajstić information content (AvgIpc) is 2.64. The Kier molecular flexibility index (Phi) is 4.61. The second kappa shape index (κ2) is 7.18. The summed E-state index contributed by atoms with van der Waals surface area (Å²) in [6.07, 6.45) is 3.06. The molecule has 124 valence electrons. The van der Waals surface area contributed by atoms with E-state index in [1.807, 2.05) is 0 Å². The molecule has 2 amide bonds. The fourth-order valence-corrected chi connectivity index (χ4v) is 2.00. The maximum Gasteiger partial charge on any atom is 0.276 e. The number of amides is 2. The Hall–Kier alpha value is -3.81. The number of aromatic amines is 1. The minimum Gasteiger partial charge on any atom is -0.322 e. The molecule has 0 atom stereocenters. The molecule has 3 aromatic rings. The predicted molar refractivity (Wildman–Crippen MR) is 91.4 cm³/mol. The summed E-state index contributed by atoms with van der Waals surface area (Å²) in [7, 11) is 0. The molecule has 8 nitrogen and oxygen atoms in total. The zero-order valence-electron chi connectivity index (χ0n) is 12.9. The highest BCUT2D eigenvalue weighted by atomic mass is 16.2. The van der Waals surface area contributed by atoms with Gasteiger partial charge in [-0.2, -0.15) is 5.10 Å². The van der Waals surface area contributed by atoms with Crippen LogP contribution in [0.3, 0.4) is 0 Å². The molecule has 0 aliphatic carbocycles. The van der Waals surface area contributed by atoms with Crippen molar-refractivity contribution in [2.75, 3.05) is 10.6 Å². The van der Waals surface area contributed by atoms with Crippen molar-refractivity contribution < 1.29 is 9.59 Å². The van der Waals surface area contributed by atoms with E-state index in [1.165, 1.54) is 18.3 Å². The molecule has 0 fully saturated rings. The standard InChI is InChI=1S/C17H13N5O3/c23-15-8-7-14(21-22-15)17(25)20-13-5-3-12(4-6-13)19-16(24)11-2-1-9-18-10-11/h1-10H,(H,19,24)(H,20,25)(H,22,23). The number of aromatic nitrogens is 3. The van der Waals surface area contributed by atoms with Gasteiger partial charge >= 0.3 is 0 Å². The number of nitrogens with one attached hydrogen (secondary N) is 3. The van der Waals surface area contributed by atoms with E-state index >= 15 is 0 Å². The number of carbonyl (C=O) groups excluding carboxylic acids is 2. The van der Waals surface area contributed by atoms with Gasteiger partial charge in [-0.05, 0) is 42.5 Å². The maximum absolute atomic E-state index is 12.0. The lowest BCUT2D eigenvalue weighted by molar-refractivity contribution is 0.101. The van der Waals surface area contributed by atoms with E-state index in [0.717, 1.165) is 0 Å². The third kappa shape index (κ3) is 4.14. The third-order valence-corrected chi connectivity index (χ3v) is 3.24. The summed E-state index contributed by atoms with van der Waals surface area (Å²) in [5, 5.41) is 11.2. The highest BCUT2D eigenvalue weighted by Gasteiger charge is 2.09. The first-order valence-electron chi connectivity index (χ1n) is 7.30. The number of hydrogen-bond donors (Lipinski definition) is 3. The van der Waals surface area contributed by atoms with Crippen LogP contribution in [0.2, 0.25) is 0 Å². The number of pyridine rings is 1. The van der Waals surface area contributed by atoms with Gasteiger partial charge in [-0.25, -0.2) is 5.10 Å². The second-order valence-corrected chi connectivity index (χ2v) is 5.03. The van der Waals surface area contributed by atoms with Crippen LogP contribution in [0.1, 0.15) is 20.8 Å². The molecule has 3 N–H and O–H groups in total. The van der Waals surface area contributed by atoms with Crippen molar-refractivity contribution in [1.82, 2.24) is 15.2 Å². The van der Waals surface area contributed by atoms with Gasteiger partial charge in [-0.1, -0.05) is 0 Å². The van der Waals surface area contributed by atoms with Crippen LogP contribution in [0.4, 0.5) is 11.4 Å². The summed E-state index contributed by atoms with van der Waals surface area (Å²) in [6, 6.07) is 12.5. The first-order chi connectivity index (χ1) is 12.1. The van der Waals surface area contributed by atoms with E-state index in [9.17, 15) is 14.4 Å². The summed E-state index contributed by atoms with van der Waals surface area (Å²) in [6.45, 7) is 0. The van der Waals surface area contributed by atoms with E-state index in [-0.39, 0.29) is 17.2 Å². The molecule has 0 aliphatic heterocycles. The van der Waals surface area contributed by atoms with Crippen LogP contribution in [-0.2, 0) is 0 Å². The van der Waals surface area contributed by atoms with Crippen molar-refractivity contribution in [2.45, 2.75) is 0 Å². The quantitative estimate of drug-likeness (QED) is 0.670. The molecule has 2 heterocycles. The highest BCUT2D eigenvalue weighted by Crippen LogP contribution is 2.15. The van der Waals surface area contributed by atoms with Gasteiger partial charge < -0.3 is 10.6 Å². The van der Waals surface area contributed by atoms with Gasteiger partial charge in [-0.3, -0.25) is 19.4 Å². The number of hydrogen-bond acceptors (Lipinski definition) is 5. The van der Waals surface area contributed by atoms with Crippen LogP contribution in [0, 0.1) is 0 Å². The van der Waals surface area contributed by atoms with Crippen molar-refractivity contribution in [1.29, 1.82) is 0 Å². The van der Waals surface area contributed by atoms with Gasteiger partial charge in [0.05, 0.1) is 5.56 Å². The van der Waals surface area contributed by atoms with Gasteiger partial charge in [-0.15, -0.1) is 0 Å². The van der Waals surface area contributed by atoms with E-state index in [4.69, 9.17) is 0 Å². The van der Waals surface area contributed by atoms with Crippen LogP contribution >= 0.6 is 0 Å². The summed E-state index contributed by atoms with van der Waals surface area (Å²) in [5.41, 5.74) is 1.26. The molecule has 0 bridgehead atoms. The fourth-order valence-electron chi connectivity index (χ4n) is 2.00. The van der Waals surface area contributed by atoms with Gasteiger partial charge in [0.25, 0.3) is 17.4 Å². The highest BCUT2D eigenvalue weighted by molar-refractivity contribution is 6.05. The van der Waals surface area contributed by atoms with E-state index in [0.29, 0.717) is 16.9 Å². The summed E-state index contributed by atoms with van der Waals surface area (Å²) in [4.78, 5) is 38.9. The lowest BCUT2D eigenvalue weighted by Gasteiger charge is -2.07. The normalized spacial score (nSPS) is 10.1.